The first-order valence-electron chi connectivity index (χ1n) is 5.10. The summed E-state index contributed by atoms with van der Waals surface area (Å²) in [5.74, 6) is 1.29. The first-order valence-corrected chi connectivity index (χ1v) is 6.75. The van der Waals surface area contributed by atoms with E-state index in [1.807, 2.05) is 25.1 Å². The van der Waals surface area contributed by atoms with E-state index in [9.17, 15) is 4.79 Å². The van der Waals surface area contributed by atoms with Gasteiger partial charge in [0.1, 0.15) is 11.5 Å². The van der Waals surface area contributed by atoms with E-state index in [0.717, 1.165) is 16.9 Å². The molecular formula is C12H14BrClO2. The van der Waals surface area contributed by atoms with E-state index in [1.54, 1.807) is 0 Å². The molecule has 1 aromatic rings. The molecule has 1 rings (SSSR count). The van der Waals surface area contributed by atoms with Crippen LogP contribution in [0.25, 0.3) is 0 Å². The van der Waals surface area contributed by atoms with Crippen molar-refractivity contribution in [1.29, 1.82) is 0 Å². The highest BCUT2D eigenvalue weighted by molar-refractivity contribution is 9.09. The van der Waals surface area contributed by atoms with Gasteiger partial charge in [-0.2, -0.15) is 0 Å². The molecule has 0 saturated carbocycles. The van der Waals surface area contributed by atoms with Crippen molar-refractivity contribution >= 4 is 33.3 Å². The fraction of sp³-hybridized carbons (Fsp3) is 0.417. The molecule has 0 aliphatic rings. The second kappa shape index (κ2) is 6.92. The molecular weight excluding hydrogens is 291 g/mol. The van der Waals surface area contributed by atoms with Gasteiger partial charge in [-0.1, -0.05) is 34.1 Å². The number of hydrogen-bond donors (Lipinski definition) is 0. The average Bonchev–Trinajstić information content (AvgIpc) is 2.31. The highest BCUT2D eigenvalue weighted by Crippen LogP contribution is 2.26. The van der Waals surface area contributed by atoms with Gasteiger partial charge in [0.15, 0.2) is 0 Å². The van der Waals surface area contributed by atoms with Gasteiger partial charge in [-0.15, -0.1) is 11.6 Å². The molecule has 0 saturated heterocycles. The Morgan fingerprint density at radius 2 is 2.12 bits per heavy atom. The summed E-state index contributed by atoms with van der Waals surface area (Å²) in [6.45, 7) is 2.49. The molecule has 0 unspecified atom stereocenters. The quantitative estimate of drug-likeness (QED) is 0.754. The van der Waals surface area contributed by atoms with Crippen LogP contribution in [0.2, 0.25) is 0 Å². The number of hydrogen-bond acceptors (Lipinski definition) is 2. The fourth-order valence-corrected chi connectivity index (χ4v) is 1.88. The first-order chi connectivity index (χ1) is 7.72. The van der Waals surface area contributed by atoms with E-state index >= 15 is 0 Å². The number of halogens is 2. The summed E-state index contributed by atoms with van der Waals surface area (Å²) in [6.07, 6.45) is 0.380. The van der Waals surface area contributed by atoms with E-state index in [4.69, 9.17) is 16.3 Å². The average molecular weight is 306 g/mol. The molecule has 0 aromatic heterocycles. The summed E-state index contributed by atoms with van der Waals surface area (Å²) in [5, 5.41) is 0.365. The SMILES string of the molecule is CCOc1c(CCl)cccc1CC(=O)CBr. The van der Waals surface area contributed by atoms with Gasteiger partial charge >= 0.3 is 0 Å². The van der Waals surface area contributed by atoms with Crippen molar-refractivity contribution in [2.75, 3.05) is 11.9 Å². The minimum absolute atomic E-state index is 0.132. The van der Waals surface area contributed by atoms with Crippen LogP contribution < -0.4 is 4.74 Å². The van der Waals surface area contributed by atoms with Crippen LogP contribution >= 0.6 is 27.5 Å². The van der Waals surface area contributed by atoms with Gasteiger partial charge in [0, 0.05) is 17.5 Å². The van der Waals surface area contributed by atoms with E-state index in [0.29, 0.717) is 24.2 Å². The largest absolute Gasteiger partial charge is 0.493 e. The van der Waals surface area contributed by atoms with Crippen molar-refractivity contribution < 1.29 is 9.53 Å². The maximum Gasteiger partial charge on any atom is 0.147 e. The number of alkyl halides is 2. The summed E-state index contributed by atoms with van der Waals surface area (Å²) in [5.41, 5.74) is 1.84. The highest BCUT2D eigenvalue weighted by atomic mass is 79.9. The maximum absolute atomic E-state index is 11.4. The van der Waals surface area contributed by atoms with Crippen molar-refractivity contribution in [3.8, 4) is 5.75 Å². The summed E-state index contributed by atoms with van der Waals surface area (Å²) >= 11 is 8.99. The number of rotatable bonds is 6. The summed E-state index contributed by atoms with van der Waals surface area (Å²) in [4.78, 5) is 11.4. The van der Waals surface area contributed by atoms with Gasteiger partial charge in [-0.05, 0) is 6.92 Å². The lowest BCUT2D eigenvalue weighted by atomic mass is 10.1. The van der Waals surface area contributed by atoms with E-state index < -0.39 is 0 Å². The van der Waals surface area contributed by atoms with Crippen LogP contribution in [0, 0.1) is 0 Å². The van der Waals surface area contributed by atoms with Gasteiger partial charge in [-0.25, -0.2) is 0 Å². The Bertz CT molecular complexity index is 366. The number of carbonyl (C=O) groups excluding carboxylic acids is 1. The molecule has 0 aliphatic carbocycles. The monoisotopic (exact) mass is 304 g/mol. The van der Waals surface area contributed by atoms with Crippen molar-refractivity contribution in [2.45, 2.75) is 19.2 Å². The van der Waals surface area contributed by atoms with Gasteiger partial charge in [0.05, 0.1) is 17.8 Å². The summed E-state index contributed by atoms with van der Waals surface area (Å²) < 4.78 is 5.55. The minimum Gasteiger partial charge on any atom is -0.493 e. The lowest BCUT2D eigenvalue weighted by Crippen LogP contribution is -2.07. The topological polar surface area (TPSA) is 26.3 Å². The predicted octanol–water partition coefficient (Wildman–Crippen LogP) is 3.33. The van der Waals surface area contributed by atoms with Gasteiger partial charge in [0.25, 0.3) is 0 Å². The zero-order valence-electron chi connectivity index (χ0n) is 9.13. The highest BCUT2D eigenvalue weighted by Gasteiger charge is 2.11. The van der Waals surface area contributed by atoms with Crippen molar-refractivity contribution in [3.63, 3.8) is 0 Å². The molecule has 0 heterocycles. The van der Waals surface area contributed by atoms with Crippen LogP contribution in [0.3, 0.4) is 0 Å². The zero-order chi connectivity index (χ0) is 12.0. The van der Waals surface area contributed by atoms with Crippen LogP contribution in [0.4, 0.5) is 0 Å². The molecule has 4 heteroatoms. The number of ketones is 1. The Morgan fingerprint density at radius 1 is 1.44 bits per heavy atom. The normalized spacial score (nSPS) is 10.2. The molecule has 16 heavy (non-hydrogen) atoms. The first kappa shape index (κ1) is 13.5. The third-order valence-corrected chi connectivity index (χ3v) is 3.06. The third kappa shape index (κ3) is 3.49. The number of carbonyl (C=O) groups is 1. The van der Waals surface area contributed by atoms with Crippen molar-refractivity contribution in [1.82, 2.24) is 0 Å². The maximum atomic E-state index is 11.4. The number of benzene rings is 1. The van der Waals surface area contributed by atoms with Gasteiger partial charge in [-0.3, -0.25) is 4.79 Å². The molecule has 1 aromatic carbocycles. The molecule has 0 atom stereocenters. The van der Waals surface area contributed by atoms with Crippen molar-refractivity contribution in [2.24, 2.45) is 0 Å². The third-order valence-electron chi connectivity index (χ3n) is 2.15. The lowest BCUT2D eigenvalue weighted by molar-refractivity contribution is -0.115. The van der Waals surface area contributed by atoms with Gasteiger partial charge in [0.2, 0.25) is 0 Å². The van der Waals surface area contributed by atoms with Crippen LogP contribution in [-0.4, -0.2) is 17.7 Å². The molecule has 0 bridgehead atoms. The second-order valence-corrected chi connectivity index (χ2v) is 4.15. The van der Waals surface area contributed by atoms with Crippen LogP contribution in [-0.2, 0) is 17.1 Å². The second-order valence-electron chi connectivity index (χ2n) is 3.32. The molecule has 2 nitrogen and oxygen atoms in total. The van der Waals surface area contributed by atoms with E-state index in [2.05, 4.69) is 15.9 Å². The Balaban J connectivity index is 3.01. The van der Waals surface area contributed by atoms with Crippen molar-refractivity contribution in [3.05, 3.63) is 29.3 Å². The molecule has 0 radical (unpaired) electrons. The Morgan fingerprint density at radius 3 is 2.69 bits per heavy atom. The summed E-state index contributed by atoms with van der Waals surface area (Å²) in [6, 6.07) is 5.72. The zero-order valence-corrected chi connectivity index (χ0v) is 11.5. The molecule has 0 N–H and O–H groups in total. The van der Waals surface area contributed by atoms with E-state index in [-0.39, 0.29) is 5.78 Å². The molecule has 0 fully saturated rings. The predicted molar refractivity (Wildman–Crippen MR) is 69.7 cm³/mol. The summed E-state index contributed by atoms with van der Waals surface area (Å²) in [7, 11) is 0. The molecule has 0 aliphatic heterocycles. The number of Topliss-reactive ketones (excluding diaryl/α,β-unsaturated/α-hetero) is 1. The van der Waals surface area contributed by atoms with Crippen LogP contribution in [0.15, 0.2) is 18.2 Å². The smallest absolute Gasteiger partial charge is 0.147 e. The Hall–Kier alpha value is -0.540. The van der Waals surface area contributed by atoms with E-state index in [1.165, 1.54) is 0 Å². The number of ether oxygens (including phenoxy) is 1. The molecule has 88 valence electrons. The standard InChI is InChI=1S/C12H14BrClO2/c1-2-16-12-9(6-11(15)7-13)4-3-5-10(12)8-14/h3-5H,2,6-8H2,1H3. The Kier molecular flexibility index (Phi) is 5.85. The Labute approximate surface area is 109 Å². The molecule has 0 amide bonds. The van der Waals surface area contributed by atoms with Crippen LogP contribution in [0.5, 0.6) is 5.75 Å². The fourth-order valence-electron chi connectivity index (χ4n) is 1.47. The number of para-hydroxylation sites is 1. The minimum atomic E-state index is 0.132. The lowest BCUT2D eigenvalue weighted by Gasteiger charge is -2.13. The van der Waals surface area contributed by atoms with Crippen LogP contribution in [0.1, 0.15) is 18.1 Å². The molecule has 0 spiro atoms. The van der Waals surface area contributed by atoms with Gasteiger partial charge < -0.3 is 4.74 Å².